The number of nitrogens with one attached hydrogen (secondary N) is 2. The number of unbranched alkanes of at least 4 members (excludes halogenated alkanes) is 1. The molecule has 0 aliphatic heterocycles. The Balaban J connectivity index is 2.32. The molecule has 0 unspecified atom stereocenters. The van der Waals surface area contributed by atoms with Crippen molar-refractivity contribution in [2.24, 2.45) is 0 Å². The van der Waals surface area contributed by atoms with Gasteiger partial charge < -0.3 is 5.32 Å². The van der Waals surface area contributed by atoms with Crippen LogP contribution in [-0.2, 0) is 10.0 Å². The van der Waals surface area contributed by atoms with Crippen LogP contribution in [0.5, 0.6) is 0 Å². The fourth-order valence-corrected chi connectivity index (χ4v) is 2.84. The first-order valence-electron chi connectivity index (χ1n) is 6.66. The molecule has 0 radical (unpaired) electrons. The summed E-state index contributed by atoms with van der Waals surface area (Å²) in [5, 5.41) is 3.25. The van der Waals surface area contributed by atoms with Gasteiger partial charge in [0.25, 0.3) is 0 Å². The Bertz CT molecular complexity index is 475. The van der Waals surface area contributed by atoms with Gasteiger partial charge in [0, 0.05) is 6.20 Å². The van der Waals surface area contributed by atoms with Crippen LogP contribution in [0.3, 0.4) is 0 Å². The third kappa shape index (κ3) is 7.12. The van der Waals surface area contributed by atoms with E-state index < -0.39 is 10.0 Å². The minimum absolute atomic E-state index is 0.148. The van der Waals surface area contributed by atoms with E-state index in [9.17, 15) is 8.42 Å². The van der Waals surface area contributed by atoms with E-state index in [4.69, 9.17) is 0 Å². The molecule has 0 spiro atoms. The van der Waals surface area contributed by atoms with E-state index in [1.165, 1.54) is 6.20 Å². The smallest absolute Gasteiger partial charge is 0.232 e. The summed E-state index contributed by atoms with van der Waals surface area (Å²) < 4.78 is 26.2. The summed E-state index contributed by atoms with van der Waals surface area (Å²) in [6.45, 7) is 5.84. The second kappa shape index (κ2) is 8.12. The predicted octanol–water partition coefficient (Wildman–Crippen LogP) is 1.91. The molecule has 0 saturated heterocycles. The maximum atomic E-state index is 11.8. The van der Waals surface area contributed by atoms with Crippen LogP contribution in [0.2, 0.25) is 0 Å². The van der Waals surface area contributed by atoms with Crippen molar-refractivity contribution in [3.05, 3.63) is 24.0 Å². The number of nitrogens with zero attached hydrogens (tertiary/aromatic N) is 1. The van der Waals surface area contributed by atoms with Crippen molar-refractivity contribution in [1.29, 1.82) is 0 Å². The fourth-order valence-electron chi connectivity index (χ4n) is 1.69. The topological polar surface area (TPSA) is 71.1 Å². The van der Waals surface area contributed by atoms with Crippen LogP contribution in [0.25, 0.3) is 0 Å². The Morgan fingerprint density at radius 1 is 1.21 bits per heavy atom. The second-order valence-corrected chi connectivity index (χ2v) is 6.47. The van der Waals surface area contributed by atoms with Crippen LogP contribution in [0.4, 0.5) is 5.69 Å². The van der Waals surface area contributed by atoms with Crippen molar-refractivity contribution in [2.75, 3.05) is 23.6 Å². The molecule has 0 aliphatic rings. The highest BCUT2D eigenvalue weighted by Gasteiger charge is 2.10. The van der Waals surface area contributed by atoms with E-state index in [1.807, 2.05) is 6.92 Å². The molecule has 1 rings (SSSR count). The molecule has 5 nitrogen and oxygen atoms in total. The summed E-state index contributed by atoms with van der Waals surface area (Å²) in [5.41, 5.74) is 1.47. The van der Waals surface area contributed by atoms with Crippen LogP contribution < -0.4 is 10.0 Å². The van der Waals surface area contributed by atoms with Crippen molar-refractivity contribution in [3.63, 3.8) is 0 Å². The monoisotopic (exact) mass is 285 g/mol. The lowest BCUT2D eigenvalue weighted by Gasteiger charge is -2.08. The Morgan fingerprint density at radius 3 is 2.68 bits per heavy atom. The number of aromatic nitrogens is 1. The molecule has 2 N–H and O–H groups in total. The molecule has 0 atom stereocenters. The number of anilines is 1. The standard InChI is InChI=1S/C13H23N3O2S/c1-3-6-14-7-4-5-8-19(17,18)16-13-9-12(2)10-15-11-13/h9-11,14,16H,3-8H2,1-2H3. The Labute approximate surface area is 115 Å². The van der Waals surface area contributed by atoms with Crippen LogP contribution in [-0.4, -0.2) is 32.2 Å². The molecule has 0 aromatic carbocycles. The van der Waals surface area contributed by atoms with Gasteiger partial charge in [-0.2, -0.15) is 0 Å². The van der Waals surface area contributed by atoms with Crippen molar-refractivity contribution in [3.8, 4) is 0 Å². The van der Waals surface area contributed by atoms with Gasteiger partial charge in [-0.15, -0.1) is 0 Å². The third-order valence-electron chi connectivity index (χ3n) is 2.59. The zero-order valence-corrected chi connectivity index (χ0v) is 12.5. The number of aryl methyl sites for hydroxylation is 1. The zero-order chi connectivity index (χ0) is 14.1. The molecule has 0 fully saturated rings. The number of rotatable bonds is 9. The molecule has 0 amide bonds. The Morgan fingerprint density at radius 2 is 2.00 bits per heavy atom. The fraction of sp³-hybridized carbons (Fsp3) is 0.615. The number of sulfonamides is 1. The van der Waals surface area contributed by atoms with Gasteiger partial charge in [-0.25, -0.2) is 8.42 Å². The van der Waals surface area contributed by atoms with Crippen molar-refractivity contribution >= 4 is 15.7 Å². The van der Waals surface area contributed by atoms with Gasteiger partial charge in [0.2, 0.25) is 10.0 Å². The maximum absolute atomic E-state index is 11.8. The number of hydrogen-bond donors (Lipinski definition) is 2. The van der Waals surface area contributed by atoms with E-state index in [2.05, 4.69) is 21.9 Å². The highest BCUT2D eigenvalue weighted by atomic mass is 32.2. The van der Waals surface area contributed by atoms with Gasteiger partial charge in [0.1, 0.15) is 0 Å². The molecular weight excluding hydrogens is 262 g/mol. The molecule has 108 valence electrons. The minimum atomic E-state index is -3.26. The molecule has 6 heteroatoms. The van der Waals surface area contributed by atoms with Crippen molar-refractivity contribution in [1.82, 2.24) is 10.3 Å². The molecule has 1 aromatic heterocycles. The van der Waals surface area contributed by atoms with E-state index in [1.54, 1.807) is 12.3 Å². The molecule has 1 heterocycles. The minimum Gasteiger partial charge on any atom is -0.317 e. The average molecular weight is 285 g/mol. The SMILES string of the molecule is CCCNCCCCS(=O)(=O)Nc1cncc(C)c1. The van der Waals surface area contributed by atoms with Crippen LogP contribution in [0.1, 0.15) is 31.7 Å². The third-order valence-corrected chi connectivity index (χ3v) is 3.96. The van der Waals surface area contributed by atoms with Crippen LogP contribution >= 0.6 is 0 Å². The number of pyridine rings is 1. The number of hydrogen-bond acceptors (Lipinski definition) is 4. The average Bonchev–Trinajstić information content (AvgIpc) is 2.33. The van der Waals surface area contributed by atoms with Gasteiger partial charge in [0.15, 0.2) is 0 Å². The first kappa shape index (κ1) is 15.9. The van der Waals surface area contributed by atoms with Gasteiger partial charge >= 0.3 is 0 Å². The lowest BCUT2D eigenvalue weighted by atomic mass is 10.3. The molecule has 0 saturated carbocycles. The first-order valence-corrected chi connectivity index (χ1v) is 8.31. The van der Waals surface area contributed by atoms with Gasteiger partial charge in [-0.1, -0.05) is 6.92 Å². The molecule has 0 aliphatic carbocycles. The summed E-state index contributed by atoms with van der Waals surface area (Å²) in [6.07, 6.45) is 5.84. The van der Waals surface area contributed by atoms with E-state index in [0.717, 1.165) is 31.5 Å². The summed E-state index contributed by atoms with van der Waals surface area (Å²) >= 11 is 0. The Kier molecular flexibility index (Phi) is 6.80. The normalized spacial score (nSPS) is 11.5. The van der Waals surface area contributed by atoms with Crippen LogP contribution in [0, 0.1) is 6.92 Å². The summed E-state index contributed by atoms with van der Waals surface area (Å²) in [6, 6.07) is 1.77. The first-order chi connectivity index (χ1) is 9.03. The highest BCUT2D eigenvalue weighted by Crippen LogP contribution is 2.10. The van der Waals surface area contributed by atoms with Gasteiger partial charge in [0.05, 0.1) is 17.6 Å². The van der Waals surface area contributed by atoms with E-state index >= 15 is 0 Å². The lowest BCUT2D eigenvalue weighted by Crippen LogP contribution is -2.20. The van der Waals surface area contributed by atoms with Gasteiger partial charge in [-0.05, 0) is 50.9 Å². The maximum Gasteiger partial charge on any atom is 0.232 e. The van der Waals surface area contributed by atoms with E-state index in [0.29, 0.717) is 12.1 Å². The predicted molar refractivity (Wildman–Crippen MR) is 78.8 cm³/mol. The van der Waals surface area contributed by atoms with Gasteiger partial charge in [-0.3, -0.25) is 9.71 Å². The summed E-state index contributed by atoms with van der Waals surface area (Å²) in [7, 11) is -3.26. The van der Waals surface area contributed by atoms with Crippen molar-refractivity contribution in [2.45, 2.75) is 33.1 Å². The molecule has 1 aromatic rings. The van der Waals surface area contributed by atoms with Crippen LogP contribution in [0.15, 0.2) is 18.5 Å². The lowest BCUT2D eigenvalue weighted by molar-refractivity contribution is 0.590. The quantitative estimate of drug-likeness (QED) is 0.680. The molecule has 19 heavy (non-hydrogen) atoms. The van der Waals surface area contributed by atoms with E-state index in [-0.39, 0.29) is 5.75 Å². The largest absolute Gasteiger partial charge is 0.317 e. The molecular formula is C13H23N3O2S. The summed E-state index contributed by atoms with van der Waals surface area (Å²) in [4.78, 5) is 3.96. The second-order valence-electron chi connectivity index (χ2n) is 4.63. The highest BCUT2D eigenvalue weighted by molar-refractivity contribution is 7.92. The molecule has 0 bridgehead atoms. The zero-order valence-electron chi connectivity index (χ0n) is 11.6. The van der Waals surface area contributed by atoms with Crippen molar-refractivity contribution < 1.29 is 8.42 Å². The Hall–Kier alpha value is -1.14. The summed E-state index contributed by atoms with van der Waals surface area (Å²) in [5.74, 6) is 0.148.